The van der Waals surface area contributed by atoms with Gasteiger partial charge in [-0.15, -0.1) is 12.0 Å². The fourth-order valence-electron chi connectivity index (χ4n) is 0.380. The first-order valence-corrected chi connectivity index (χ1v) is 2.90. The topological polar surface area (TPSA) is 34.1 Å². The Labute approximate surface area is 81.2 Å². The molecular formula is C9H6CoO2. The monoisotopic (exact) mass is 205 g/mol. The minimum atomic E-state index is 0. The number of allylic oxidation sites excluding steroid dienone is 2. The molecule has 0 saturated carbocycles. The Kier molecular flexibility index (Phi) is 13.8. The van der Waals surface area contributed by atoms with E-state index in [9.17, 15) is 0 Å². The van der Waals surface area contributed by atoms with Crippen LogP contribution in [0.2, 0.25) is 0 Å². The van der Waals surface area contributed by atoms with E-state index in [1.807, 2.05) is 36.4 Å². The van der Waals surface area contributed by atoms with Crippen molar-refractivity contribution in [2.45, 2.75) is 0 Å². The van der Waals surface area contributed by atoms with Crippen LogP contribution in [0.4, 0.5) is 0 Å². The molecule has 1 rings (SSSR count). The molecule has 0 aliphatic heterocycles. The largest absolute Gasteiger partial charge is 2.00 e. The van der Waals surface area contributed by atoms with E-state index >= 15 is 0 Å². The van der Waals surface area contributed by atoms with Gasteiger partial charge in [-0.05, 0) is 0 Å². The maximum Gasteiger partial charge on any atom is 2.00 e. The molecule has 12 heavy (non-hydrogen) atoms. The number of carbonyl (C=O) groups excluding carboxylic acids is 2. The third-order valence-corrected chi connectivity index (χ3v) is 0.746. The molecule has 0 atom stereocenters. The van der Waals surface area contributed by atoms with Gasteiger partial charge in [-0.2, -0.15) is 24.3 Å². The van der Waals surface area contributed by atoms with Gasteiger partial charge < -0.3 is 4.79 Å². The molecule has 0 aliphatic rings. The number of hydrogen-bond acceptors (Lipinski definition) is 2. The average molecular weight is 205 g/mol. The van der Waals surface area contributed by atoms with E-state index in [0.29, 0.717) is 0 Å². The predicted molar refractivity (Wildman–Crippen MR) is 41.2 cm³/mol. The van der Waals surface area contributed by atoms with Gasteiger partial charge in [0.15, 0.2) is 0 Å². The summed E-state index contributed by atoms with van der Waals surface area (Å²) in [6, 6.07) is 10.0. The first kappa shape index (κ1) is 13.4. The second-order valence-corrected chi connectivity index (χ2v) is 1.47. The molecule has 0 unspecified atom stereocenters. The van der Waals surface area contributed by atoms with Crippen LogP contribution in [-0.4, -0.2) is 11.9 Å². The summed E-state index contributed by atoms with van der Waals surface area (Å²) < 4.78 is 0. The van der Waals surface area contributed by atoms with Gasteiger partial charge in [0.1, 0.15) is 0 Å². The summed E-state index contributed by atoms with van der Waals surface area (Å²) in [5, 5.41) is 0. The summed E-state index contributed by atoms with van der Waals surface area (Å²) in [5.74, 6) is 2.57. The van der Waals surface area contributed by atoms with E-state index in [-0.39, 0.29) is 16.8 Å². The first-order chi connectivity index (χ1) is 5.41. The normalized spacial score (nSPS) is 5.67. The molecule has 1 radical (unpaired) electrons. The summed E-state index contributed by atoms with van der Waals surface area (Å²) in [5.41, 5.74) is 0. The van der Waals surface area contributed by atoms with Crippen LogP contribution in [0.15, 0.2) is 36.4 Å². The molecular weight excluding hydrogens is 199 g/mol. The molecule has 0 saturated heterocycles. The van der Waals surface area contributed by atoms with E-state index in [4.69, 9.17) is 9.59 Å². The molecule has 0 aromatic heterocycles. The Balaban J connectivity index is 0. The van der Waals surface area contributed by atoms with Gasteiger partial charge in [0.2, 0.25) is 0 Å². The van der Waals surface area contributed by atoms with Crippen molar-refractivity contribution in [3.8, 4) is 0 Å². The van der Waals surface area contributed by atoms with E-state index in [0.717, 1.165) is 6.08 Å². The zero-order valence-corrected chi connectivity index (χ0v) is 7.15. The van der Waals surface area contributed by atoms with Crippen molar-refractivity contribution >= 4 is 11.9 Å². The average Bonchev–Trinajstić information content (AvgIpc) is 2.57. The Morgan fingerprint density at radius 2 is 1.83 bits per heavy atom. The molecule has 0 heterocycles. The summed E-state index contributed by atoms with van der Waals surface area (Å²) in [6.07, 6.45) is 2.67. The van der Waals surface area contributed by atoms with Crippen molar-refractivity contribution in [1.82, 2.24) is 0 Å². The Bertz CT molecular complexity index is 219. The molecule has 0 N–H and O–H groups in total. The molecule has 0 spiro atoms. The van der Waals surface area contributed by atoms with E-state index in [1.165, 1.54) is 11.9 Å². The zero-order chi connectivity index (χ0) is 8.36. The van der Waals surface area contributed by atoms with Crippen LogP contribution in [0.25, 0.3) is 0 Å². The Morgan fingerprint density at radius 3 is 2.00 bits per heavy atom. The van der Waals surface area contributed by atoms with Crippen molar-refractivity contribution in [3.05, 3.63) is 42.5 Å². The van der Waals surface area contributed by atoms with Crippen molar-refractivity contribution < 1.29 is 26.4 Å². The summed E-state index contributed by atoms with van der Waals surface area (Å²) >= 11 is 0. The third-order valence-electron chi connectivity index (χ3n) is 0.746. The standard InChI is InChI=1S/C5H5.C4HO2.Co/c1-2-4-5-3-1;5-3-1-2-4-6;/h1-5H;1H;/q2*-1;+2. The molecule has 63 valence electrons. The molecule has 2 nitrogen and oxygen atoms in total. The third kappa shape index (κ3) is 11.5. The van der Waals surface area contributed by atoms with E-state index in [2.05, 4.69) is 0 Å². The Hall–Kier alpha value is -1.24. The summed E-state index contributed by atoms with van der Waals surface area (Å²) in [4.78, 5) is 18.3. The summed E-state index contributed by atoms with van der Waals surface area (Å²) in [6.45, 7) is 0. The van der Waals surface area contributed by atoms with Crippen LogP contribution in [-0.2, 0) is 26.4 Å². The summed E-state index contributed by atoms with van der Waals surface area (Å²) in [7, 11) is 0. The molecule has 0 amide bonds. The minimum absolute atomic E-state index is 0. The van der Waals surface area contributed by atoms with Crippen LogP contribution in [0.3, 0.4) is 0 Å². The van der Waals surface area contributed by atoms with Gasteiger partial charge >= 0.3 is 16.8 Å². The van der Waals surface area contributed by atoms with Crippen LogP contribution in [0.5, 0.6) is 0 Å². The van der Waals surface area contributed by atoms with Gasteiger partial charge in [0.05, 0.1) is 0 Å². The van der Waals surface area contributed by atoms with Crippen LogP contribution >= 0.6 is 0 Å². The van der Waals surface area contributed by atoms with Crippen molar-refractivity contribution in [2.24, 2.45) is 0 Å². The Morgan fingerprint density at radius 1 is 1.25 bits per heavy atom. The maximum absolute atomic E-state index is 9.14. The van der Waals surface area contributed by atoms with Gasteiger partial charge in [-0.1, -0.05) is 0 Å². The zero-order valence-electron chi connectivity index (χ0n) is 6.11. The smallest absolute Gasteiger partial charge is 0.365 e. The van der Waals surface area contributed by atoms with Gasteiger partial charge in [-0.3, -0.25) is 4.79 Å². The van der Waals surface area contributed by atoms with Crippen molar-refractivity contribution in [1.29, 1.82) is 0 Å². The first-order valence-electron chi connectivity index (χ1n) is 2.90. The van der Waals surface area contributed by atoms with Gasteiger partial charge in [0, 0.05) is 5.94 Å². The number of rotatable bonds is 1. The van der Waals surface area contributed by atoms with E-state index < -0.39 is 0 Å². The molecule has 3 heteroatoms. The number of hydrogen-bond donors (Lipinski definition) is 0. The van der Waals surface area contributed by atoms with Gasteiger partial charge in [0.25, 0.3) is 0 Å². The maximum atomic E-state index is 9.14. The molecule has 1 aromatic rings. The second-order valence-electron chi connectivity index (χ2n) is 1.47. The predicted octanol–water partition coefficient (Wildman–Crippen LogP) is 0.968. The van der Waals surface area contributed by atoms with Crippen molar-refractivity contribution in [2.75, 3.05) is 0 Å². The van der Waals surface area contributed by atoms with Crippen LogP contribution < -0.4 is 0 Å². The molecule has 0 aliphatic carbocycles. The SMILES string of the molecule is O=C=[C-]C=C=O.[Co+2].c1cc[cH-]c1. The van der Waals surface area contributed by atoms with Gasteiger partial charge in [-0.25, -0.2) is 12.1 Å². The second kappa shape index (κ2) is 12.4. The van der Waals surface area contributed by atoms with Crippen LogP contribution in [0.1, 0.15) is 0 Å². The fourth-order valence-corrected chi connectivity index (χ4v) is 0.380. The van der Waals surface area contributed by atoms with Crippen LogP contribution in [0, 0.1) is 6.08 Å². The quantitative estimate of drug-likeness (QED) is 0.389. The molecule has 0 fully saturated rings. The fraction of sp³-hybridized carbons (Fsp3) is 0. The van der Waals surface area contributed by atoms with E-state index in [1.54, 1.807) is 0 Å². The minimum Gasteiger partial charge on any atom is -0.365 e. The molecule has 0 bridgehead atoms. The molecule has 1 aromatic carbocycles. The van der Waals surface area contributed by atoms with Crippen molar-refractivity contribution in [3.63, 3.8) is 0 Å².